The molecule has 0 saturated carbocycles. The minimum Gasteiger partial charge on any atom is -0.338 e. The Morgan fingerprint density at radius 1 is 1.17 bits per heavy atom. The first kappa shape index (κ1) is 22.4. The van der Waals surface area contributed by atoms with Gasteiger partial charge in [-0.05, 0) is 37.2 Å². The zero-order valence-corrected chi connectivity index (χ0v) is 18.2. The molecule has 8 nitrogen and oxygen atoms in total. The van der Waals surface area contributed by atoms with Crippen LogP contribution in [0, 0.1) is 5.82 Å². The summed E-state index contributed by atoms with van der Waals surface area (Å²) in [5, 5.41) is 6.67. The standard InChI is InChI=1S/C20H27FN4O4S/c1-20(2,3)17-13-19(29-23-17)22-18(26)14-24-9-4-10-25(12-11-24)30(27,28)16-7-5-15(21)6-8-16/h5-8,13H,4,9-12,14H2,1-3H3,(H,22,26). The van der Waals surface area contributed by atoms with E-state index in [0.29, 0.717) is 31.9 Å². The summed E-state index contributed by atoms with van der Waals surface area (Å²) in [5.41, 5.74) is 0.561. The van der Waals surface area contributed by atoms with Gasteiger partial charge in [-0.1, -0.05) is 25.9 Å². The van der Waals surface area contributed by atoms with Gasteiger partial charge in [0.2, 0.25) is 21.8 Å². The van der Waals surface area contributed by atoms with E-state index in [1.807, 2.05) is 25.7 Å². The van der Waals surface area contributed by atoms with E-state index < -0.39 is 15.8 Å². The topological polar surface area (TPSA) is 95.8 Å². The molecule has 1 aromatic carbocycles. The molecule has 1 fully saturated rings. The fourth-order valence-electron chi connectivity index (χ4n) is 3.17. The molecule has 1 aliphatic heterocycles. The molecular formula is C20H27FN4O4S. The first-order valence-corrected chi connectivity index (χ1v) is 11.2. The summed E-state index contributed by atoms with van der Waals surface area (Å²) >= 11 is 0. The third-order valence-corrected chi connectivity index (χ3v) is 6.82. The lowest BCUT2D eigenvalue weighted by Crippen LogP contribution is -2.38. The molecule has 2 aromatic rings. The second-order valence-corrected chi connectivity index (χ2v) is 10.3. The number of carbonyl (C=O) groups is 1. The van der Waals surface area contributed by atoms with Gasteiger partial charge in [0.05, 0.1) is 17.1 Å². The highest BCUT2D eigenvalue weighted by molar-refractivity contribution is 7.89. The van der Waals surface area contributed by atoms with Crippen molar-refractivity contribution in [2.24, 2.45) is 0 Å². The molecule has 0 atom stereocenters. The number of carbonyl (C=O) groups excluding carboxylic acids is 1. The maximum absolute atomic E-state index is 13.1. The molecule has 2 heterocycles. The van der Waals surface area contributed by atoms with Crippen LogP contribution in [-0.4, -0.2) is 61.4 Å². The summed E-state index contributed by atoms with van der Waals surface area (Å²) < 4.78 is 45.2. The average Bonchev–Trinajstić information content (AvgIpc) is 3.00. The number of nitrogens with zero attached hydrogens (tertiary/aromatic N) is 3. The van der Waals surface area contributed by atoms with Crippen molar-refractivity contribution in [3.8, 4) is 0 Å². The molecule has 164 valence electrons. The summed E-state index contributed by atoms with van der Waals surface area (Å²) in [6.07, 6.45) is 0.587. The number of benzene rings is 1. The Balaban J connectivity index is 1.56. The van der Waals surface area contributed by atoms with Gasteiger partial charge in [0.1, 0.15) is 5.82 Å². The van der Waals surface area contributed by atoms with Crippen LogP contribution in [0.25, 0.3) is 0 Å². The van der Waals surface area contributed by atoms with Gasteiger partial charge in [-0.3, -0.25) is 15.0 Å². The van der Waals surface area contributed by atoms with Gasteiger partial charge in [0.15, 0.2) is 0 Å². The molecule has 1 amide bonds. The van der Waals surface area contributed by atoms with Gasteiger partial charge in [0, 0.05) is 31.1 Å². The van der Waals surface area contributed by atoms with Crippen molar-refractivity contribution in [3.05, 3.63) is 41.8 Å². The Bertz CT molecular complexity index is 983. The summed E-state index contributed by atoms with van der Waals surface area (Å²) in [4.78, 5) is 14.3. The lowest BCUT2D eigenvalue weighted by Gasteiger charge is -2.21. The second-order valence-electron chi connectivity index (χ2n) is 8.36. The number of nitrogens with one attached hydrogen (secondary N) is 1. The maximum atomic E-state index is 13.1. The number of halogens is 1. The molecule has 1 saturated heterocycles. The van der Waals surface area contributed by atoms with Crippen LogP contribution in [0.3, 0.4) is 0 Å². The number of rotatable bonds is 5. The highest BCUT2D eigenvalue weighted by atomic mass is 32.2. The predicted octanol–water partition coefficient (Wildman–Crippen LogP) is 2.45. The number of anilines is 1. The van der Waals surface area contributed by atoms with Crippen molar-refractivity contribution in [1.82, 2.24) is 14.4 Å². The van der Waals surface area contributed by atoms with Crippen LogP contribution in [0.15, 0.2) is 39.8 Å². The molecule has 0 radical (unpaired) electrons. The lowest BCUT2D eigenvalue weighted by atomic mass is 9.92. The van der Waals surface area contributed by atoms with Crippen LogP contribution >= 0.6 is 0 Å². The fraction of sp³-hybridized carbons (Fsp3) is 0.500. The van der Waals surface area contributed by atoms with Gasteiger partial charge in [-0.15, -0.1) is 0 Å². The zero-order chi connectivity index (χ0) is 21.9. The Morgan fingerprint density at radius 3 is 2.50 bits per heavy atom. The summed E-state index contributed by atoms with van der Waals surface area (Å²) in [5.74, 6) is -0.440. The number of amides is 1. The Morgan fingerprint density at radius 2 is 1.87 bits per heavy atom. The highest BCUT2D eigenvalue weighted by Gasteiger charge is 2.27. The van der Waals surface area contributed by atoms with Gasteiger partial charge in [0.25, 0.3) is 0 Å². The zero-order valence-electron chi connectivity index (χ0n) is 17.4. The highest BCUT2D eigenvalue weighted by Crippen LogP contribution is 2.23. The van der Waals surface area contributed by atoms with E-state index >= 15 is 0 Å². The fourth-order valence-corrected chi connectivity index (χ4v) is 4.64. The Labute approximate surface area is 176 Å². The normalized spacial score (nSPS) is 16.9. The van der Waals surface area contributed by atoms with Crippen molar-refractivity contribution in [1.29, 1.82) is 0 Å². The van der Waals surface area contributed by atoms with E-state index in [4.69, 9.17) is 4.52 Å². The molecule has 1 N–H and O–H groups in total. The van der Waals surface area contributed by atoms with Crippen LogP contribution in [0.4, 0.5) is 10.3 Å². The number of hydrogen-bond acceptors (Lipinski definition) is 6. The van der Waals surface area contributed by atoms with Gasteiger partial charge < -0.3 is 4.52 Å². The summed E-state index contributed by atoms with van der Waals surface area (Å²) in [7, 11) is -3.70. The van der Waals surface area contributed by atoms with E-state index in [-0.39, 0.29) is 29.3 Å². The van der Waals surface area contributed by atoms with Crippen molar-refractivity contribution >= 4 is 21.8 Å². The van der Waals surface area contributed by atoms with Gasteiger partial charge in [-0.2, -0.15) is 4.31 Å². The van der Waals surface area contributed by atoms with Gasteiger partial charge in [-0.25, -0.2) is 12.8 Å². The van der Waals surface area contributed by atoms with E-state index in [2.05, 4.69) is 10.5 Å². The van der Waals surface area contributed by atoms with Crippen LogP contribution < -0.4 is 5.32 Å². The first-order chi connectivity index (χ1) is 14.1. The van der Waals surface area contributed by atoms with Crippen LogP contribution in [-0.2, 0) is 20.2 Å². The molecular weight excluding hydrogens is 411 g/mol. The third-order valence-electron chi connectivity index (χ3n) is 4.91. The first-order valence-electron chi connectivity index (χ1n) is 9.81. The van der Waals surface area contributed by atoms with E-state index in [9.17, 15) is 17.6 Å². The monoisotopic (exact) mass is 438 g/mol. The molecule has 3 rings (SSSR count). The molecule has 0 bridgehead atoms. The molecule has 30 heavy (non-hydrogen) atoms. The molecule has 0 unspecified atom stereocenters. The van der Waals surface area contributed by atoms with Crippen molar-refractivity contribution in [2.75, 3.05) is 38.0 Å². The van der Waals surface area contributed by atoms with Crippen LogP contribution in [0.2, 0.25) is 0 Å². The third kappa shape index (κ3) is 5.44. The molecule has 1 aromatic heterocycles. The van der Waals surface area contributed by atoms with Crippen LogP contribution in [0.5, 0.6) is 0 Å². The number of aromatic nitrogens is 1. The number of sulfonamides is 1. The predicted molar refractivity (Wildman–Crippen MR) is 110 cm³/mol. The smallest absolute Gasteiger partial charge is 0.243 e. The second kappa shape index (κ2) is 8.83. The molecule has 0 spiro atoms. The lowest BCUT2D eigenvalue weighted by molar-refractivity contribution is -0.117. The minimum atomic E-state index is -3.70. The largest absolute Gasteiger partial charge is 0.338 e. The van der Waals surface area contributed by atoms with Crippen molar-refractivity contribution in [2.45, 2.75) is 37.5 Å². The number of hydrogen-bond donors (Lipinski definition) is 1. The minimum absolute atomic E-state index is 0.0649. The van der Waals surface area contributed by atoms with E-state index in [0.717, 1.165) is 17.8 Å². The summed E-state index contributed by atoms with van der Waals surface area (Å²) in [6, 6.07) is 6.51. The average molecular weight is 439 g/mol. The molecule has 0 aliphatic carbocycles. The SMILES string of the molecule is CC(C)(C)c1cc(NC(=O)CN2CCCN(S(=O)(=O)c3ccc(F)cc3)CC2)on1. The summed E-state index contributed by atoms with van der Waals surface area (Å²) in [6.45, 7) is 7.72. The van der Waals surface area contributed by atoms with Crippen LogP contribution in [0.1, 0.15) is 32.9 Å². The van der Waals surface area contributed by atoms with Gasteiger partial charge >= 0.3 is 0 Å². The Kier molecular flexibility index (Phi) is 6.59. The van der Waals surface area contributed by atoms with E-state index in [1.165, 1.54) is 16.4 Å². The quantitative estimate of drug-likeness (QED) is 0.770. The van der Waals surface area contributed by atoms with Crippen molar-refractivity contribution < 1.29 is 22.1 Å². The van der Waals surface area contributed by atoms with E-state index in [1.54, 1.807) is 6.07 Å². The van der Waals surface area contributed by atoms with Crippen molar-refractivity contribution in [3.63, 3.8) is 0 Å². The molecule has 1 aliphatic rings. The Hall–Kier alpha value is -2.30. The molecule has 10 heteroatoms. The maximum Gasteiger partial charge on any atom is 0.243 e.